The maximum Gasteiger partial charge on any atom is 0.418 e. The van der Waals surface area contributed by atoms with Crippen LogP contribution in [-0.4, -0.2) is 87.0 Å². The Morgan fingerprint density at radius 2 is 1.30 bits per heavy atom. The number of aromatic amines is 2. The van der Waals surface area contributed by atoms with Crippen molar-refractivity contribution >= 4 is 51.3 Å². The molecule has 3 N–H and O–H groups in total. The number of nitrogens with zero attached hydrogens (tertiary/aromatic N) is 6. The number of fused-ring (bicyclic) bond motifs is 2. The Morgan fingerprint density at radius 1 is 0.727 bits per heavy atom. The molecular weight excluding hydrogens is 848 g/mol. The Labute approximate surface area is 383 Å². The van der Waals surface area contributed by atoms with Gasteiger partial charge in [-0.25, -0.2) is 14.8 Å². The van der Waals surface area contributed by atoms with E-state index in [0.29, 0.717) is 63.4 Å². The second-order valence-corrected chi connectivity index (χ2v) is 19.5. The van der Waals surface area contributed by atoms with Gasteiger partial charge >= 0.3 is 12.3 Å². The fourth-order valence-electron chi connectivity index (χ4n) is 11.0. The van der Waals surface area contributed by atoms with Crippen molar-refractivity contribution < 1.29 is 32.3 Å². The molecule has 4 fully saturated rings. The minimum Gasteiger partial charge on any atom is -0.453 e. The molecule has 5 aromatic rings. The number of ether oxygens (including phenoxy) is 1. The van der Waals surface area contributed by atoms with Crippen molar-refractivity contribution in [2.45, 2.75) is 128 Å². The molecule has 352 valence electrons. The Hall–Kier alpha value is -5.80. The third-order valence-electron chi connectivity index (χ3n) is 14.2. The first-order valence-corrected chi connectivity index (χ1v) is 23.9. The van der Waals surface area contributed by atoms with Crippen LogP contribution in [0.5, 0.6) is 0 Å². The van der Waals surface area contributed by atoms with Gasteiger partial charge in [-0.3, -0.25) is 9.59 Å². The van der Waals surface area contributed by atoms with Crippen LogP contribution in [0.15, 0.2) is 54.6 Å². The monoisotopic (exact) mass is 909 g/mol. The van der Waals surface area contributed by atoms with Gasteiger partial charge in [-0.05, 0) is 123 Å². The average Bonchev–Trinajstić information content (AvgIpc) is 4.15. The van der Waals surface area contributed by atoms with E-state index in [1.807, 2.05) is 60.0 Å². The molecule has 2 aromatic heterocycles. The highest BCUT2D eigenvalue weighted by molar-refractivity contribution is 5.87. The highest BCUT2D eigenvalue weighted by Gasteiger charge is 2.42. The number of likely N-dealkylation sites (tertiary alicyclic amines) is 2. The van der Waals surface area contributed by atoms with Crippen molar-refractivity contribution in [2.24, 2.45) is 11.8 Å². The Kier molecular flexibility index (Phi) is 12.7. The number of hydrogen-bond acceptors (Lipinski definition) is 8. The summed E-state index contributed by atoms with van der Waals surface area (Å²) in [7, 11) is 1.27. The summed E-state index contributed by atoms with van der Waals surface area (Å²) in [5.41, 5.74) is 5.11. The van der Waals surface area contributed by atoms with Gasteiger partial charge in [0, 0.05) is 44.0 Å². The Bertz CT molecular complexity index is 2580. The zero-order chi connectivity index (χ0) is 46.4. The van der Waals surface area contributed by atoms with Crippen LogP contribution in [0.3, 0.4) is 0 Å². The minimum absolute atomic E-state index is 0.130. The summed E-state index contributed by atoms with van der Waals surface area (Å²) in [4.78, 5) is 64.0. The quantitative estimate of drug-likeness (QED) is 0.119. The first kappa shape index (κ1) is 45.4. The number of nitrogens with one attached hydrogen (secondary N) is 3. The van der Waals surface area contributed by atoms with Crippen molar-refractivity contribution in [1.29, 1.82) is 0 Å². The number of carbonyl (C=O) groups is 3. The molecule has 0 saturated carbocycles. The zero-order valence-corrected chi connectivity index (χ0v) is 38.6. The predicted molar refractivity (Wildman–Crippen MR) is 248 cm³/mol. The van der Waals surface area contributed by atoms with Crippen LogP contribution in [0.25, 0.3) is 22.1 Å². The zero-order valence-electron chi connectivity index (χ0n) is 38.6. The fraction of sp³-hybridized carbons (Fsp3) is 0.540. The lowest BCUT2D eigenvalue weighted by molar-refractivity contribution is -0.137. The standard InChI is InChI=1S/C50H62F3N9O4/c1-29(2)25-44(63)60-23-9-11-42(60)46-54-35-16-13-31(26-37(35)56-46)39-19-20-40(62(39)33-15-18-41(34(28-33)50(51,52)53)59-21-7-6-8-22-59)32-14-17-36-38(27-32)57-47(55-36)43-12-10-24-61(43)48(64)45(30(3)4)58-49(65)66-5/h13-18,26-30,39-40,42-43,45H,6-12,19-25H2,1-5H3,(H,54,56)(H,55,57)(H,58,65)/t39-,40-,42+,43+,45+/m1/s1. The molecule has 0 radical (unpaired) electrons. The molecule has 4 aliphatic rings. The molecule has 66 heavy (non-hydrogen) atoms. The van der Waals surface area contributed by atoms with Crippen LogP contribution in [0.4, 0.5) is 29.3 Å². The normalized spacial score (nSPS) is 22.1. The number of alkyl carbamates (subject to hydrolysis) is 1. The van der Waals surface area contributed by atoms with Gasteiger partial charge in [0.2, 0.25) is 11.8 Å². The number of halogens is 3. The molecule has 0 bridgehead atoms. The lowest BCUT2D eigenvalue weighted by Crippen LogP contribution is -2.51. The summed E-state index contributed by atoms with van der Waals surface area (Å²) in [6, 6.07) is 15.2. The van der Waals surface area contributed by atoms with E-state index in [9.17, 15) is 14.4 Å². The smallest absolute Gasteiger partial charge is 0.418 e. The second kappa shape index (κ2) is 18.5. The van der Waals surface area contributed by atoms with Crippen LogP contribution in [0, 0.1) is 11.8 Å². The fourth-order valence-corrected chi connectivity index (χ4v) is 11.0. The van der Waals surface area contributed by atoms with E-state index in [-0.39, 0.29) is 53.5 Å². The van der Waals surface area contributed by atoms with Gasteiger partial charge in [-0.15, -0.1) is 0 Å². The Balaban J connectivity index is 1.06. The van der Waals surface area contributed by atoms with E-state index in [1.54, 1.807) is 11.0 Å². The van der Waals surface area contributed by atoms with Crippen LogP contribution in [-0.2, 0) is 20.5 Å². The largest absolute Gasteiger partial charge is 0.453 e. The summed E-state index contributed by atoms with van der Waals surface area (Å²) in [6.45, 7) is 10.3. The van der Waals surface area contributed by atoms with E-state index in [4.69, 9.17) is 14.7 Å². The average molecular weight is 910 g/mol. The number of methoxy groups -OCH3 is 1. The second-order valence-electron chi connectivity index (χ2n) is 19.5. The number of aromatic nitrogens is 4. The molecular formula is C50H62F3N9O4. The Morgan fingerprint density at radius 3 is 1.85 bits per heavy atom. The van der Waals surface area contributed by atoms with Crippen molar-refractivity contribution in [3.05, 3.63) is 82.9 Å². The maximum atomic E-state index is 15.2. The van der Waals surface area contributed by atoms with E-state index in [1.165, 1.54) is 13.2 Å². The molecule has 3 amide bonds. The van der Waals surface area contributed by atoms with E-state index >= 15 is 13.2 Å². The molecule has 16 heteroatoms. The minimum atomic E-state index is -4.56. The number of alkyl halides is 3. The number of carbonyl (C=O) groups excluding carboxylic acids is 3. The third kappa shape index (κ3) is 8.91. The molecule has 0 spiro atoms. The van der Waals surface area contributed by atoms with Gasteiger partial charge in [0.05, 0.1) is 58.9 Å². The highest BCUT2D eigenvalue weighted by Crippen LogP contribution is 2.50. The molecule has 13 nitrogen and oxygen atoms in total. The van der Waals surface area contributed by atoms with Crippen LogP contribution in [0.2, 0.25) is 0 Å². The lowest BCUT2D eigenvalue weighted by Gasteiger charge is -2.35. The van der Waals surface area contributed by atoms with Crippen molar-refractivity contribution in [3.8, 4) is 0 Å². The van der Waals surface area contributed by atoms with Crippen molar-refractivity contribution in [3.63, 3.8) is 0 Å². The first-order valence-electron chi connectivity index (χ1n) is 23.9. The van der Waals surface area contributed by atoms with Gasteiger partial charge in [0.1, 0.15) is 17.7 Å². The number of rotatable bonds is 11. The van der Waals surface area contributed by atoms with Crippen LogP contribution < -0.4 is 15.1 Å². The predicted octanol–water partition coefficient (Wildman–Crippen LogP) is 10.3. The van der Waals surface area contributed by atoms with E-state index in [2.05, 4.69) is 40.1 Å². The summed E-state index contributed by atoms with van der Waals surface area (Å²) in [5, 5.41) is 2.71. The molecule has 5 atom stereocenters. The number of H-pyrrole nitrogens is 2. The number of imidazole rings is 2. The summed E-state index contributed by atoms with van der Waals surface area (Å²) in [6.07, 6.45) is 2.58. The van der Waals surface area contributed by atoms with Gasteiger partial charge in [-0.2, -0.15) is 13.2 Å². The first-order chi connectivity index (χ1) is 31.7. The van der Waals surface area contributed by atoms with Crippen LogP contribution >= 0.6 is 0 Å². The van der Waals surface area contributed by atoms with Gasteiger partial charge < -0.3 is 39.6 Å². The van der Waals surface area contributed by atoms with E-state index in [0.717, 1.165) is 77.5 Å². The lowest BCUT2D eigenvalue weighted by atomic mass is 10.0. The summed E-state index contributed by atoms with van der Waals surface area (Å²) in [5.74, 6) is 1.43. The van der Waals surface area contributed by atoms with Crippen LogP contribution in [0.1, 0.15) is 144 Å². The molecule has 0 unspecified atom stereocenters. The number of hydrogen-bond donors (Lipinski definition) is 3. The summed E-state index contributed by atoms with van der Waals surface area (Å²) >= 11 is 0. The maximum absolute atomic E-state index is 15.2. The van der Waals surface area contributed by atoms with Crippen molar-refractivity contribution in [2.75, 3.05) is 43.1 Å². The third-order valence-corrected chi connectivity index (χ3v) is 14.2. The van der Waals surface area contributed by atoms with E-state index < -0.39 is 23.9 Å². The van der Waals surface area contributed by atoms with Crippen molar-refractivity contribution in [1.82, 2.24) is 35.1 Å². The number of anilines is 2. The molecule has 4 aliphatic heterocycles. The molecule has 3 aromatic carbocycles. The van der Waals surface area contributed by atoms with Gasteiger partial charge in [0.25, 0.3) is 0 Å². The number of amides is 3. The molecule has 4 saturated heterocycles. The molecule has 0 aliphatic carbocycles. The van der Waals surface area contributed by atoms with Gasteiger partial charge in [0.15, 0.2) is 0 Å². The number of benzene rings is 3. The molecule has 6 heterocycles. The highest BCUT2D eigenvalue weighted by atomic mass is 19.4. The van der Waals surface area contributed by atoms with Gasteiger partial charge in [-0.1, -0.05) is 39.8 Å². The number of piperidine rings is 1. The molecule has 9 rings (SSSR count). The SMILES string of the molecule is COC(=O)N[C@H](C(=O)N1CCC[C@H]1c1nc2ccc([C@H]3CC[C@H](c4ccc5nc([C@@H]6CCCN6C(=O)CC(C)C)[nH]c5c4)N3c3ccc(N4CCCCC4)c(C(F)(F)F)c3)cc2[nH]1)C(C)C. The summed E-state index contributed by atoms with van der Waals surface area (Å²) < 4.78 is 50.3. The topological polar surface area (TPSA) is 143 Å².